The van der Waals surface area contributed by atoms with Gasteiger partial charge in [0.25, 0.3) is 0 Å². The Kier molecular flexibility index (Phi) is 8.72. The Morgan fingerprint density at radius 1 is 0.818 bits per heavy atom. The van der Waals surface area contributed by atoms with Crippen molar-refractivity contribution in [2.45, 2.75) is 57.6 Å². The second-order valence-corrected chi connectivity index (χ2v) is 12.3. The Labute approximate surface area is 259 Å². The van der Waals surface area contributed by atoms with Gasteiger partial charge in [0, 0.05) is 55.9 Å². The lowest BCUT2D eigenvalue weighted by molar-refractivity contribution is -0.136. The molecule has 3 fully saturated rings. The predicted octanol–water partition coefficient (Wildman–Crippen LogP) is 6.05. The Morgan fingerprint density at radius 2 is 1.43 bits per heavy atom. The van der Waals surface area contributed by atoms with Gasteiger partial charge in [0.15, 0.2) is 0 Å². The zero-order chi connectivity index (χ0) is 30.6. The number of anilines is 4. The first-order chi connectivity index (χ1) is 21.3. The third kappa shape index (κ3) is 6.82. The first kappa shape index (κ1) is 29.5. The van der Waals surface area contributed by atoms with Crippen molar-refractivity contribution >= 4 is 40.6 Å². The average molecular weight is 596 g/mol. The molecule has 0 bridgehead atoms. The first-order valence-corrected chi connectivity index (χ1v) is 15.7. The van der Waals surface area contributed by atoms with Gasteiger partial charge in [-0.15, -0.1) is 0 Å². The number of likely N-dealkylation sites (N-methyl/N-ethyl adjacent to an activating group) is 1. The van der Waals surface area contributed by atoms with Crippen molar-refractivity contribution in [1.82, 2.24) is 4.90 Å². The third-order valence-electron chi connectivity index (χ3n) is 9.09. The summed E-state index contributed by atoms with van der Waals surface area (Å²) in [5.74, 6) is 0.526. The fraction of sp³-hybridized carbons (Fsp3) is 0.400. The van der Waals surface area contributed by atoms with Crippen LogP contribution in [0.15, 0.2) is 72.8 Å². The Balaban J connectivity index is 0.972. The second-order valence-electron chi connectivity index (χ2n) is 12.3. The van der Waals surface area contributed by atoms with Crippen LogP contribution in [0.25, 0.3) is 0 Å². The summed E-state index contributed by atoms with van der Waals surface area (Å²) >= 11 is 0. The largest absolute Gasteiger partial charge is 0.490 e. The molecule has 230 valence electrons. The van der Waals surface area contributed by atoms with Crippen LogP contribution in [0.2, 0.25) is 0 Å². The normalized spacial score (nSPS) is 20.2. The number of aryl methyl sites for hydroxylation is 1. The monoisotopic (exact) mass is 595 g/mol. The Bertz CT molecular complexity index is 1470. The fourth-order valence-electron chi connectivity index (χ4n) is 6.47. The summed E-state index contributed by atoms with van der Waals surface area (Å²) in [5, 5.41) is 5.76. The summed E-state index contributed by atoms with van der Waals surface area (Å²) in [4.78, 5) is 44.5. The van der Waals surface area contributed by atoms with E-state index in [0.717, 1.165) is 55.0 Å². The summed E-state index contributed by atoms with van der Waals surface area (Å²) in [6.45, 7) is 3.98. The number of nitrogens with zero attached hydrogens (tertiary/aromatic N) is 3. The van der Waals surface area contributed by atoms with Crippen molar-refractivity contribution in [1.29, 1.82) is 0 Å². The van der Waals surface area contributed by atoms with Gasteiger partial charge < -0.3 is 30.1 Å². The number of hydrogen-bond acceptors (Lipinski definition) is 5. The van der Waals surface area contributed by atoms with Crippen LogP contribution in [0.1, 0.15) is 44.1 Å². The minimum atomic E-state index is -0.331. The van der Waals surface area contributed by atoms with Gasteiger partial charge in [-0.3, -0.25) is 9.59 Å². The highest BCUT2D eigenvalue weighted by molar-refractivity contribution is 6.01. The lowest BCUT2D eigenvalue weighted by atomic mass is 10.1. The number of benzene rings is 3. The molecule has 9 nitrogen and oxygen atoms in total. The van der Waals surface area contributed by atoms with Crippen LogP contribution in [-0.4, -0.2) is 61.6 Å². The highest BCUT2D eigenvalue weighted by atomic mass is 16.5. The highest BCUT2D eigenvalue weighted by Gasteiger charge is 2.39. The molecule has 2 N–H and O–H groups in total. The van der Waals surface area contributed by atoms with E-state index in [9.17, 15) is 14.4 Å². The van der Waals surface area contributed by atoms with E-state index >= 15 is 0 Å². The quantitative estimate of drug-likeness (QED) is 0.331. The van der Waals surface area contributed by atoms with E-state index in [1.807, 2.05) is 91.7 Å². The van der Waals surface area contributed by atoms with E-state index in [0.29, 0.717) is 24.0 Å². The van der Waals surface area contributed by atoms with E-state index in [1.54, 1.807) is 4.90 Å². The van der Waals surface area contributed by atoms with E-state index in [1.165, 1.54) is 12.8 Å². The van der Waals surface area contributed by atoms with Gasteiger partial charge in [-0.1, -0.05) is 17.7 Å². The molecule has 0 aromatic heterocycles. The van der Waals surface area contributed by atoms with Gasteiger partial charge in [-0.25, -0.2) is 4.79 Å². The summed E-state index contributed by atoms with van der Waals surface area (Å²) in [6.07, 6.45) is 6.06. The van der Waals surface area contributed by atoms with Crippen molar-refractivity contribution in [3.05, 3.63) is 78.4 Å². The lowest BCUT2D eigenvalue weighted by Gasteiger charge is -2.28. The van der Waals surface area contributed by atoms with E-state index in [2.05, 4.69) is 15.5 Å². The number of nitrogens with one attached hydrogen (secondary N) is 2. The zero-order valence-corrected chi connectivity index (χ0v) is 25.5. The summed E-state index contributed by atoms with van der Waals surface area (Å²) < 4.78 is 6.00. The van der Waals surface area contributed by atoms with Crippen LogP contribution in [-0.2, 0) is 9.59 Å². The molecule has 1 saturated carbocycles. The smallest absolute Gasteiger partial charge is 0.323 e. The number of ether oxygens (including phenoxy) is 1. The summed E-state index contributed by atoms with van der Waals surface area (Å²) in [5.41, 5.74) is 4.42. The van der Waals surface area contributed by atoms with Crippen LogP contribution < -0.4 is 25.2 Å². The highest BCUT2D eigenvalue weighted by Crippen LogP contribution is 2.30. The number of hydrogen-bond donors (Lipinski definition) is 2. The third-order valence-corrected chi connectivity index (χ3v) is 9.09. The Hall–Kier alpha value is -4.53. The van der Waals surface area contributed by atoms with Gasteiger partial charge >= 0.3 is 6.03 Å². The second kappa shape index (κ2) is 13.0. The minimum absolute atomic E-state index is 0.00177. The number of amides is 4. The van der Waals surface area contributed by atoms with Crippen molar-refractivity contribution in [3.63, 3.8) is 0 Å². The molecule has 3 aromatic rings. The molecule has 2 atom stereocenters. The maximum Gasteiger partial charge on any atom is 0.323 e. The van der Waals surface area contributed by atoms with Crippen molar-refractivity contribution in [2.75, 3.05) is 47.1 Å². The number of carbonyl (C=O) groups is 3. The van der Waals surface area contributed by atoms with Crippen molar-refractivity contribution < 1.29 is 19.1 Å². The van der Waals surface area contributed by atoms with Crippen molar-refractivity contribution in [3.8, 4) is 5.75 Å². The maximum atomic E-state index is 13.4. The van der Waals surface area contributed by atoms with E-state index in [4.69, 9.17) is 4.74 Å². The molecule has 2 aliphatic heterocycles. The molecular formula is C35H41N5O4. The van der Waals surface area contributed by atoms with E-state index in [-0.39, 0.29) is 36.2 Å². The molecule has 2 unspecified atom stereocenters. The number of rotatable bonds is 8. The topological polar surface area (TPSA) is 94.2 Å². The maximum absolute atomic E-state index is 13.4. The van der Waals surface area contributed by atoms with Gasteiger partial charge in [0.2, 0.25) is 11.8 Å². The molecule has 2 heterocycles. The Morgan fingerprint density at radius 3 is 2.09 bits per heavy atom. The van der Waals surface area contributed by atoms with Crippen LogP contribution in [0, 0.1) is 12.8 Å². The van der Waals surface area contributed by atoms with Gasteiger partial charge in [0.05, 0.1) is 18.1 Å². The standard InChI is InChI=1S/C35H41N5O4/c1-24-7-13-29(14-8-24)40-22-25(21-33(40)41)34(42)38(2)30-19-20-39(23-30)28-15-9-26(10-16-28)36-35(43)37-27-11-17-32(18-12-27)44-31-5-3-4-6-31/h7-18,25,30-31H,3-6,19-23H2,1-2H3,(H2,36,37,43). The molecule has 6 rings (SSSR count). The molecule has 2 saturated heterocycles. The molecule has 9 heteroatoms. The molecule has 0 radical (unpaired) electrons. The number of carbonyl (C=O) groups excluding carboxylic acids is 3. The van der Waals surface area contributed by atoms with Gasteiger partial charge in [-0.2, -0.15) is 0 Å². The molecular weight excluding hydrogens is 554 g/mol. The van der Waals surface area contributed by atoms with Gasteiger partial charge in [0.1, 0.15) is 5.75 Å². The fourth-order valence-corrected chi connectivity index (χ4v) is 6.47. The van der Waals surface area contributed by atoms with Crippen LogP contribution in [0.5, 0.6) is 5.75 Å². The average Bonchev–Trinajstić information content (AvgIpc) is 3.80. The SMILES string of the molecule is Cc1ccc(N2CC(C(=O)N(C)C3CCN(c4ccc(NC(=O)Nc5ccc(OC6CCCC6)cc5)cc4)C3)CC2=O)cc1. The first-order valence-electron chi connectivity index (χ1n) is 15.7. The summed E-state index contributed by atoms with van der Waals surface area (Å²) in [7, 11) is 1.86. The zero-order valence-electron chi connectivity index (χ0n) is 25.5. The lowest BCUT2D eigenvalue weighted by Crippen LogP contribution is -2.43. The molecule has 3 aliphatic rings. The van der Waals surface area contributed by atoms with Crippen LogP contribution in [0.4, 0.5) is 27.5 Å². The van der Waals surface area contributed by atoms with Crippen LogP contribution in [0.3, 0.4) is 0 Å². The predicted molar refractivity (Wildman–Crippen MR) is 173 cm³/mol. The molecule has 3 aromatic carbocycles. The molecule has 44 heavy (non-hydrogen) atoms. The number of urea groups is 1. The minimum Gasteiger partial charge on any atom is -0.490 e. The van der Waals surface area contributed by atoms with Crippen LogP contribution >= 0.6 is 0 Å². The molecule has 0 spiro atoms. The molecule has 4 amide bonds. The van der Waals surface area contributed by atoms with E-state index < -0.39 is 0 Å². The van der Waals surface area contributed by atoms with Crippen molar-refractivity contribution in [2.24, 2.45) is 5.92 Å². The summed E-state index contributed by atoms with van der Waals surface area (Å²) in [6, 6.07) is 22.9. The van der Waals surface area contributed by atoms with Gasteiger partial charge in [-0.05, 0) is 99.7 Å². The molecule has 1 aliphatic carbocycles.